The van der Waals surface area contributed by atoms with E-state index in [1.165, 1.54) is 4.90 Å². The summed E-state index contributed by atoms with van der Waals surface area (Å²) in [5.41, 5.74) is 1.93. The van der Waals surface area contributed by atoms with Gasteiger partial charge in [0.15, 0.2) is 0 Å². The van der Waals surface area contributed by atoms with Crippen LogP contribution in [0.25, 0.3) is 0 Å². The van der Waals surface area contributed by atoms with Crippen LogP contribution in [0.3, 0.4) is 0 Å². The number of hydrogen-bond donors (Lipinski definition) is 0. The van der Waals surface area contributed by atoms with Crippen LogP contribution in [-0.4, -0.2) is 36.3 Å². The third-order valence-electron chi connectivity index (χ3n) is 3.80. The first-order valence-corrected chi connectivity index (χ1v) is 6.39. The molecule has 0 aliphatic carbocycles. The third-order valence-corrected chi connectivity index (χ3v) is 3.80. The number of likely N-dealkylation sites (N-methyl/N-ethyl adjacent to an activating group) is 1. The molecule has 0 radical (unpaired) electrons. The highest BCUT2D eigenvalue weighted by Gasteiger charge is 2.38. The summed E-state index contributed by atoms with van der Waals surface area (Å²) in [6.45, 7) is 7.50. The fourth-order valence-electron chi connectivity index (χ4n) is 2.51. The van der Waals surface area contributed by atoms with Gasteiger partial charge in [0.1, 0.15) is 6.54 Å². The molecule has 20 heavy (non-hydrogen) atoms. The van der Waals surface area contributed by atoms with Gasteiger partial charge in [0, 0.05) is 30.9 Å². The molecule has 1 rings (SSSR count). The van der Waals surface area contributed by atoms with Gasteiger partial charge in [0.2, 0.25) is 5.91 Å². The summed E-state index contributed by atoms with van der Waals surface area (Å²) in [5.74, 6) is -0.0713. The molecule has 1 aliphatic rings. The van der Waals surface area contributed by atoms with E-state index >= 15 is 0 Å². The molecule has 5 nitrogen and oxygen atoms in total. The number of nitriles is 2. The number of rotatable bonds is 2. The topological polar surface area (TPSA) is 71.1 Å². The van der Waals surface area contributed by atoms with Crippen LogP contribution in [0.1, 0.15) is 27.7 Å². The SMILES string of the molecule is CC1=C(C#N)C(C)(C)C(C#N)=C(C)N1CC(=O)N(C)C. The zero-order valence-electron chi connectivity index (χ0n) is 12.9. The highest BCUT2D eigenvalue weighted by molar-refractivity contribution is 5.78. The predicted molar refractivity (Wildman–Crippen MR) is 75.8 cm³/mol. The van der Waals surface area contributed by atoms with Crippen molar-refractivity contribution in [3.63, 3.8) is 0 Å². The summed E-state index contributed by atoms with van der Waals surface area (Å²) >= 11 is 0. The third kappa shape index (κ3) is 2.40. The molecule has 0 fully saturated rings. The molecule has 0 N–H and O–H groups in total. The summed E-state index contributed by atoms with van der Waals surface area (Å²) < 4.78 is 0. The minimum absolute atomic E-state index is 0.0713. The summed E-state index contributed by atoms with van der Waals surface area (Å²) in [6, 6.07) is 4.38. The Bertz CT molecular complexity index is 542. The molecule has 0 unspecified atom stereocenters. The average Bonchev–Trinajstić information content (AvgIpc) is 2.34. The van der Waals surface area contributed by atoms with E-state index in [4.69, 9.17) is 0 Å². The molecule has 0 saturated heterocycles. The van der Waals surface area contributed by atoms with Gasteiger partial charge in [-0.15, -0.1) is 0 Å². The zero-order valence-corrected chi connectivity index (χ0v) is 12.9. The number of nitrogens with zero attached hydrogens (tertiary/aromatic N) is 4. The van der Waals surface area contributed by atoms with Crippen molar-refractivity contribution in [2.24, 2.45) is 5.41 Å². The highest BCUT2D eigenvalue weighted by atomic mass is 16.2. The normalized spacial score (nSPS) is 17.7. The van der Waals surface area contributed by atoms with E-state index in [-0.39, 0.29) is 12.5 Å². The first-order valence-electron chi connectivity index (χ1n) is 6.39. The number of carbonyl (C=O) groups is 1. The fraction of sp³-hybridized carbons (Fsp3) is 0.533. The maximum atomic E-state index is 11.9. The van der Waals surface area contributed by atoms with Gasteiger partial charge >= 0.3 is 0 Å². The Kier molecular flexibility index (Phi) is 4.25. The van der Waals surface area contributed by atoms with Gasteiger partial charge in [-0.25, -0.2) is 0 Å². The van der Waals surface area contributed by atoms with E-state index < -0.39 is 5.41 Å². The molecule has 0 aromatic heterocycles. The molecule has 0 aromatic carbocycles. The average molecular weight is 272 g/mol. The number of amides is 1. The van der Waals surface area contributed by atoms with Crippen LogP contribution in [0.4, 0.5) is 0 Å². The number of hydrogen-bond acceptors (Lipinski definition) is 4. The molecule has 0 aromatic rings. The standard InChI is InChI=1S/C15H20N4O/c1-10-12(7-16)15(3,4)13(8-17)11(2)19(10)9-14(20)18(5)6/h9H2,1-6H3. The van der Waals surface area contributed by atoms with Crippen LogP contribution in [0.2, 0.25) is 0 Å². The second-order valence-electron chi connectivity index (χ2n) is 5.64. The largest absolute Gasteiger partial charge is 0.347 e. The lowest BCUT2D eigenvalue weighted by Crippen LogP contribution is -2.40. The van der Waals surface area contributed by atoms with Gasteiger partial charge in [-0.3, -0.25) is 4.79 Å². The molecule has 1 amide bonds. The van der Waals surface area contributed by atoms with Crippen molar-refractivity contribution in [1.82, 2.24) is 9.80 Å². The van der Waals surface area contributed by atoms with E-state index in [1.54, 1.807) is 19.0 Å². The van der Waals surface area contributed by atoms with Gasteiger partial charge in [-0.1, -0.05) is 13.8 Å². The minimum Gasteiger partial charge on any atom is -0.347 e. The Hall–Kier alpha value is -2.27. The lowest BCUT2D eigenvalue weighted by atomic mass is 9.74. The monoisotopic (exact) mass is 272 g/mol. The van der Waals surface area contributed by atoms with Gasteiger partial charge < -0.3 is 9.80 Å². The first-order chi connectivity index (χ1) is 9.18. The molecular formula is C15H20N4O. The van der Waals surface area contributed by atoms with E-state index in [1.807, 2.05) is 27.7 Å². The summed E-state index contributed by atoms with van der Waals surface area (Å²) in [5, 5.41) is 18.8. The van der Waals surface area contributed by atoms with Crippen molar-refractivity contribution in [3.05, 3.63) is 22.5 Å². The predicted octanol–water partition coefficient (Wildman–Crippen LogP) is 2.01. The Morgan fingerprint density at radius 2 is 1.55 bits per heavy atom. The van der Waals surface area contributed by atoms with Crippen LogP contribution < -0.4 is 0 Å². The Morgan fingerprint density at radius 3 is 1.85 bits per heavy atom. The van der Waals surface area contributed by atoms with E-state index in [0.717, 1.165) is 11.4 Å². The van der Waals surface area contributed by atoms with E-state index in [2.05, 4.69) is 12.1 Å². The second kappa shape index (κ2) is 5.38. The number of carbonyl (C=O) groups excluding carboxylic acids is 1. The van der Waals surface area contributed by atoms with Crippen LogP contribution in [0.5, 0.6) is 0 Å². The van der Waals surface area contributed by atoms with Crippen LogP contribution >= 0.6 is 0 Å². The van der Waals surface area contributed by atoms with Crippen molar-refractivity contribution < 1.29 is 4.79 Å². The molecule has 0 atom stereocenters. The van der Waals surface area contributed by atoms with Crippen molar-refractivity contribution in [2.45, 2.75) is 27.7 Å². The van der Waals surface area contributed by atoms with Gasteiger partial charge in [0.25, 0.3) is 0 Å². The lowest BCUT2D eigenvalue weighted by molar-refractivity contribution is -0.129. The molecule has 0 bridgehead atoms. The van der Waals surface area contributed by atoms with Crippen molar-refractivity contribution in [1.29, 1.82) is 10.5 Å². The summed E-state index contributed by atoms with van der Waals surface area (Å²) in [7, 11) is 3.37. The molecule has 106 valence electrons. The van der Waals surface area contributed by atoms with Crippen LogP contribution in [-0.2, 0) is 4.79 Å². The van der Waals surface area contributed by atoms with Gasteiger partial charge in [0.05, 0.1) is 23.3 Å². The maximum absolute atomic E-state index is 11.9. The Morgan fingerprint density at radius 1 is 1.15 bits per heavy atom. The molecule has 5 heteroatoms. The van der Waals surface area contributed by atoms with E-state index in [9.17, 15) is 15.3 Å². The lowest BCUT2D eigenvalue weighted by Gasteiger charge is -2.39. The molecule has 1 heterocycles. The number of allylic oxidation sites excluding steroid dienone is 4. The quantitative estimate of drug-likeness (QED) is 0.771. The van der Waals surface area contributed by atoms with Gasteiger partial charge in [-0.2, -0.15) is 10.5 Å². The second-order valence-corrected chi connectivity index (χ2v) is 5.64. The van der Waals surface area contributed by atoms with Crippen molar-refractivity contribution in [3.8, 4) is 12.1 Å². The summed E-state index contributed by atoms with van der Waals surface area (Å²) in [6.07, 6.45) is 0. The smallest absolute Gasteiger partial charge is 0.241 e. The van der Waals surface area contributed by atoms with E-state index in [0.29, 0.717) is 11.1 Å². The van der Waals surface area contributed by atoms with Crippen molar-refractivity contribution >= 4 is 5.91 Å². The Balaban J connectivity index is 3.39. The Labute approximate surface area is 120 Å². The highest BCUT2D eigenvalue weighted by Crippen LogP contribution is 2.43. The zero-order chi connectivity index (χ0) is 15.7. The molecular weight excluding hydrogens is 252 g/mol. The fourth-order valence-corrected chi connectivity index (χ4v) is 2.51. The van der Waals surface area contributed by atoms with Crippen LogP contribution in [0, 0.1) is 28.1 Å². The molecule has 1 aliphatic heterocycles. The minimum atomic E-state index is -0.616. The first kappa shape index (κ1) is 15.8. The molecule has 0 spiro atoms. The summed E-state index contributed by atoms with van der Waals surface area (Å²) in [4.78, 5) is 15.2. The maximum Gasteiger partial charge on any atom is 0.241 e. The van der Waals surface area contributed by atoms with Gasteiger partial charge in [-0.05, 0) is 13.8 Å². The molecule has 0 saturated carbocycles. The van der Waals surface area contributed by atoms with Crippen LogP contribution in [0.15, 0.2) is 22.5 Å². The van der Waals surface area contributed by atoms with Crippen molar-refractivity contribution in [2.75, 3.05) is 20.6 Å².